The topological polar surface area (TPSA) is 32.3 Å². The van der Waals surface area contributed by atoms with Gasteiger partial charge in [0, 0.05) is 12.1 Å². The molecule has 0 fully saturated rings. The van der Waals surface area contributed by atoms with Gasteiger partial charge in [-0.2, -0.15) is 13.2 Å². The van der Waals surface area contributed by atoms with Crippen LogP contribution in [0.5, 0.6) is 0 Å². The van der Waals surface area contributed by atoms with Gasteiger partial charge in [0.15, 0.2) is 0 Å². The predicted molar refractivity (Wildman–Crippen MR) is 75.7 cm³/mol. The van der Waals surface area contributed by atoms with E-state index in [0.29, 0.717) is 6.54 Å². The van der Waals surface area contributed by atoms with Crippen molar-refractivity contribution in [1.82, 2.24) is 10.2 Å². The number of hydrogen-bond acceptors (Lipinski definition) is 2. The summed E-state index contributed by atoms with van der Waals surface area (Å²) in [6.07, 6.45) is -4.32. The number of carbonyl (C=O) groups is 1. The molecule has 118 valence electrons. The highest BCUT2D eigenvalue weighted by Crippen LogP contribution is 2.29. The van der Waals surface area contributed by atoms with Gasteiger partial charge < -0.3 is 5.32 Å². The van der Waals surface area contributed by atoms with E-state index in [0.717, 1.165) is 17.7 Å². The van der Waals surface area contributed by atoms with Crippen molar-refractivity contribution >= 4 is 5.91 Å². The SMILES string of the molecule is CN(CC(=O)NC(C)(C)C)Cc1ccc(C(F)(F)F)cc1. The Kier molecular flexibility index (Phi) is 5.39. The Morgan fingerprint density at radius 3 is 2.10 bits per heavy atom. The summed E-state index contributed by atoms with van der Waals surface area (Å²) in [4.78, 5) is 13.5. The number of nitrogens with zero attached hydrogens (tertiary/aromatic N) is 1. The number of halogens is 3. The van der Waals surface area contributed by atoms with Gasteiger partial charge in [-0.1, -0.05) is 12.1 Å². The van der Waals surface area contributed by atoms with Crippen LogP contribution in [0.1, 0.15) is 31.9 Å². The first kappa shape index (κ1) is 17.5. The number of alkyl halides is 3. The van der Waals surface area contributed by atoms with Crippen LogP contribution in [0.4, 0.5) is 13.2 Å². The van der Waals surface area contributed by atoms with Crippen molar-refractivity contribution in [3.8, 4) is 0 Å². The van der Waals surface area contributed by atoms with E-state index in [-0.39, 0.29) is 18.0 Å². The van der Waals surface area contributed by atoms with Crippen molar-refractivity contribution in [1.29, 1.82) is 0 Å². The highest BCUT2D eigenvalue weighted by molar-refractivity contribution is 5.78. The maximum Gasteiger partial charge on any atom is 0.416 e. The molecule has 0 saturated heterocycles. The second-order valence-electron chi connectivity index (χ2n) is 6.17. The smallest absolute Gasteiger partial charge is 0.350 e. The molecule has 1 rings (SSSR count). The first-order valence-electron chi connectivity index (χ1n) is 6.63. The van der Waals surface area contributed by atoms with E-state index >= 15 is 0 Å². The average molecular weight is 302 g/mol. The van der Waals surface area contributed by atoms with Crippen molar-refractivity contribution in [2.45, 2.75) is 39.0 Å². The molecule has 0 atom stereocenters. The fourth-order valence-electron chi connectivity index (χ4n) is 1.87. The maximum atomic E-state index is 12.4. The van der Waals surface area contributed by atoms with Gasteiger partial charge in [-0.15, -0.1) is 0 Å². The summed E-state index contributed by atoms with van der Waals surface area (Å²) < 4.78 is 37.3. The average Bonchev–Trinajstić information content (AvgIpc) is 2.25. The lowest BCUT2D eigenvalue weighted by atomic mass is 10.1. The molecule has 0 radical (unpaired) electrons. The minimum Gasteiger partial charge on any atom is -0.350 e. The molecule has 0 aliphatic rings. The summed E-state index contributed by atoms with van der Waals surface area (Å²) in [5, 5.41) is 2.84. The Morgan fingerprint density at radius 2 is 1.67 bits per heavy atom. The maximum absolute atomic E-state index is 12.4. The third-order valence-corrected chi connectivity index (χ3v) is 2.66. The molecular weight excluding hydrogens is 281 g/mol. The number of rotatable bonds is 4. The number of benzene rings is 1. The molecule has 1 amide bonds. The Balaban J connectivity index is 2.55. The molecule has 1 aromatic rings. The molecule has 0 aliphatic carbocycles. The summed E-state index contributed by atoms with van der Waals surface area (Å²) in [5.41, 5.74) is -0.236. The zero-order valence-electron chi connectivity index (χ0n) is 12.7. The van der Waals surface area contributed by atoms with Crippen LogP contribution in [0.15, 0.2) is 24.3 Å². The van der Waals surface area contributed by atoms with E-state index in [4.69, 9.17) is 0 Å². The fourth-order valence-corrected chi connectivity index (χ4v) is 1.87. The van der Waals surface area contributed by atoms with Crippen LogP contribution in [-0.4, -0.2) is 29.9 Å². The van der Waals surface area contributed by atoms with Crippen LogP contribution in [0, 0.1) is 0 Å². The van der Waals surface area contributed by atoms with Crippen LogP contribution >= 0.6 is 0 Å². The third kappa shape index (κ3) is 6.62. The standard InChI is InChI=1S/C15H21F3N2O/c1-14(2,3)19-13(21)10-20(4)9-11-5-7-12(8-6-11)15(16,17)18/h5-8H,9-10H2,1-4H3,(H,19,21). The van der Waals surface area contributed by atoms with E-state index in [2.05, 4.69) is 5.32 Å². The van der Waals surface area contributed by atoms with Gasteiger partial charge in [0.1, 0.15) is 0 Å². The number of carbonyl (C=O) groups excluding carboxylic acids is 1. The molecule has 0 spiro atoms. The summed E-state index contributed by atoms with van der Waals surface area (Å²) in [6.45, 7) is 6.27. The van der Waals surface area contributed by atoms with E-state index in [1.807, 2.05) is 20.8 Å². The number of amides is 1. The molecule has 0 aliphatic heterocycles. The normalized spacial score (nSPS) is 12.6. The Bertz CT molecular complexity index is 475. The molecule has 1 N–H and O–H groups in total. The summed E-state index contributed by atoms with van der Waals surface area (Å²) in [5.74, 6) is -0.114. The quantitative estimate of drug-likeness (QED) is 0.927. The van der Waals surface area contributed by atoms with Gasteiger partial charge >= 0.3 is 6.18 Å². The first-order chi connectivity index (χ1) is 9.47. The summed E-state index contributed by atoms with van der Waals surface area (Å²) in [7, 11) is 1.75. The van der Waals surface area contributed by atoms with Crippen LogP contribution < -0.4 is 5.32 Å². The Morgan fingerprint density at radius 1 is 1.14 bits per heavy atom. The third-order valence-electron chi connectivity index (χ3n) is 2.66. The first-order valence-corrected chi connectivity index (χ1v) is 6.63. The van der Waals surface area contributed by atoms with Crippen molar-refractivity contribution in [3.05, 3.63) is 35.4 Å². The van der Waals surface area contributed by atoms with Gasteiger partial charge in [-0.3, -0.25) is 9.69 Å². The van der Waals surface area contributed by atoms with Crippen LogP contribution in [0.3, 0.4) is 0 Å². The van der Waals surface area contributed by atoms with Gasteiger partial charge in [0.05, 0.1) is 12.1 Å². The predicted octanol–water partition coefficient (Wildman–Crippen LogP) is 3.05. The van der Waals surface area contributed by atoms with Crippen LogP contribution in [-0.2, 0) is 17.5 Å². The number of hydrogen-bond donors (Lipinski definition) is 1. The van der Waals surface area contributed by atoms with E-state index in [1.54, 1.807) is 11.9 Å². The lowest BCUT2D eigenvalue weighted by molar-refractivity contribution is -0.137. The van der Waals surface area contributed by atoms with Crippen molar-refractivity contribution in [3.63, 3.8) is 0 Å². The highest BCUT2D eigenvalue weighted by atomic mass is 19.4. The van der Waals surface area contributed by atoms with Crippen molar-refractivity contribution in [2.24, 2.45) is 0 Å². The molecule has 6 heteroatoms. The molecular formula is C15H21F3N2O. The zero-order chi connectivity index (χ0) is 16.3. The van der Waals surface area contributed by atoms with Crippen molar-refractivity contribution in [2.75, 3.05) is 13.6 Å². The molecule has 3 nitrogen and oxygen atoms in total. The van der Waals surface area contributed by atoms with Crippen LogP contribution in [0.2, 0.25) is 0 Å². The number of nitrogens with one attached hydrogen (secondary N) is 1. The molecule has 0 saturated carbocycles. The number of likely N-dealkylation sites (N-methyl/N-ethyl adjacent to an activating group) is 1. The minimum absolute atomic E-state index is 0.114. The Hall–Kier alpha value is -1.56. The fraction of sp³-hybridized carbons (Fsp3) is 0.533. The minimum atomic E-state index is -4.32. The highest BCUT2D eigenvalue weighted by Gasteiger charge is 2.29. The van der Waals surface area contributed by atoms with Gasteiger partial charge in [0.2, 0.25) is 5.91 Å². The van der Waals surface area contributed by atoms with Crippen molar-refractivity contribution < 1.29 is 18.0 Å². The largest absolute Gasteiger partial charge is 0.416 e. The molecule has 21 heavy (non-hydrogen) atoms. The molecule has 0 unspecified atom stereocenters. The lowest BCUT2D eigenvalue weighted by Crippen LogP contribution is -2.45. The van der Waals surface area contributed by atoms with Crippen LogP contribution in [0.25, 0.3) is 0 Å². The van der Waals surface area contributed by atoms with E-state index in [9.17, 15) is 18.0 Å². The van der Waals surface area contributed by atoms with E-state index < -0.39 is 11.7 Å². The molecule has 0 bridgehead atoms. The monoisotopic (exact) mass is 302 g/mol. The second-order valence-corrected chi connectivity index (χ2v) is 6.17. The van der Waals surface area contributed by atoms with Gasteiger partial charge in [-0.25, -0.2) is 0 Å². The van der Waals surface area contributed by atoms with Gasteiger partial charge in [-0.05, 0) is 45.5 Å². The second kappa shape index (κ2) is 6.47. The zero-order valence-corrected chi connectivity index (χ0v) is 12.7. The molecule has 0 aromatic heterocycles. The summed E-state index contributed by atoms with van der Waals surface area (Å²) >= 11 is 0. The molecule has 1 aromatic carbocycles. The van der Waals surface area contributed by atoms with E-state index in [1.165, 1.54) is 12.1 Å². The van der Waals surface area contributed by atoms with Gasteiger partial charge in [0.25, 0.3) is 0 Å². The molecule has 0 heterocycles. The Labute approximate surface area is 123 Å². The summed E-state index contributed by atoms with van der Waals surface area (Å²) in [6, 6.07) is 4.97. The lowest BCUT2D eigenvalue weighted by Gasteiger charge is -2.23.